The molecule has 0 saturated carbocycles. The van der Waals surface area contributed by atoms with E-state index in [9.17, 15) is 0 Å². The summed E-state index contributed by atoms with van der Waals surface area (Å²) in [5.41, 5.74) is 3.49. The number of fused-ring (bicyclic) bond motifs is 1. The fourth-order valence-electron chi connectivity index (χ4n) is 2.85. The van der Waals surface area contributed by atoms with E-state index in [1.165, 1.54) is 5.56 Å². The minimum atomic E-state index is 0.220. The zero-order chi connectivity index (χ0) is 14.8. The average Bonchev–Trinajstić information content (AvgIpc) is 2.54. The van der Waals surface area contributed by atoms with Gasteiger partial charge in [-0.1, -0.05) is 25.1 Å². The smallest absolute Gasteiger partial charge is 0.137 e. The van der Waals surface area contributed by atoms with Crippen molar-refractivity contribution in [3.8, 4) is 5.75 Å². The van der Waals surface area contributed by atoms with Crippen molar-refractivity contribution in [2.24, 2.45) is 0 Å². The molecule has 0 fully saturated rings. The number of nitrogens with zero attached hydrogens (tertiary/aromatic N) is 2. The molecule has 110 valence electrons. The molecule has 21 heavy (non-hydrogen) atoms. The Kier molecular flexibility index (Phi) is 3.78. The van der Waals surface area contributed by atoms with E-state index in [2.05, 4.69) is 31.3 Å². The van der Waals surface area contributed by atoms with Crippen LogP contribution in [0.5, 0.6) is 5.75 Å². The molecule has 0 aliphatic carbocycles. The molecule has 3 rings (SSSR count). The second kappa shape index (κ2) is 5.72. The third-order valence-electron chi connectivity index (χ3n) is 4.08. The van der Waals surface area contributed by atoms with Crippen LogP contribution in [-0.2, 0) is 12.8 Å². The first kappa shape index (κ1) is 13.9. The van der Waals surface area contributed by atoms with E-state index in [4.69, 9.17) is 14.7 Å². The number of benzene rings is 1. The van der Waals surface area contributed by atoms with Crippen molar-refractivity contribution in [1.82, 2.24) is 9.97 Å². The van der Waals surface area contributed by atoms with Gasteiger partial charge < -0.3 is 10.1 Å². The maximum atomic E-state index is 5.87. The maximum Gasteiger partial charge on any atom is 0.137 e. The van der Waals surface area contributed by atoms with Gasteiger partial charge in [0, 0.05) is 18.3 Å². The Balaban J connectivity index is 1.95. The van der Waals surface area contributed by atoms with Crippen LogP contribution in [0.2, 0.25) is 0 Å². The summed E-state index contributed by atoms with van der Waals surface area (Å²) >= 11 is 0. The van der Waals surface area contributed by atoms with Gasteiger partial charge in [0.2, 0.25) is 0 Å². The number of rotatable bonds is 3. The summed E-state index contributed by atoms with van der Waals surface area (Å²) in [6, 6.07) is 8.21. The molecule has 0 radical (unpaired) electrons. The molecule has 1 N–H and O–H groups in total. The van der Waals surface area contributed by atoms with E-state index in [1.54, 1.807) is 0 Å². The van der Waals surface area contributed by atoms with Crippen LogP contribution in [0.3, 0.4) is 0 Å². The Hall–Kier alpha value is -2.10. The standard InChI is InChI=1S/C17H21N3O/c1-4-14-11(2)16(18-3)20-17(19-14)13-9-12-7-5-6-8-15(12)21-10-13/h5-8,13H,4,9-10H2,1-3H3,(H,18,19,20). The number of para-hydroxylation sites is 1. The van der Waals surface area contributed by atoms with Crippen molar-refractivity contribution in [3.63, 3.8) is 0 Å². The molecular weight excluding hydrogens is 262 g/mol. The van der Waals surface area contributed by atoms with Crippen molar-refractivity contribution < 1.29 is 4.74 Å². The molecule has 1 aliphatic heterocycles. The Bertz CT molecular complexity index is 629. The molecule has 0 amide bonds. The normalized spacial score (nSPS) is 17.0. The van der Waals surface area contributed by atoms with Crippen LogP contribution in [0, 0.1) is 6.92 Å². The minimum absolute atomic E-state index is 0.220. The lowest BCUT2D eigenvalue weighted by Crippen LogP contribution is -2.22. The Morgan fingerprint density at radius 2 is 2.10 bits per heavy atom. The second-order valence-electron chi connectivity index (χ2n) is 5.43. The Labute approximate surface area is 125 Å². The fraction of sp³-hybridized carbons (Fsp3) is 0.412. The lowest BCUT2D eigenvalue weighted by Gasteiger charge is -2.25. The second-order valence-corrected chi connectivity index (χ2v) is 5.43. The van der Waals surface area contributed by atoms with Crippen LogP contribution in [0.1, 0.15) is 35.5 Å². The fourth-order valence-corrected chi connectivity index (χ4v) is 2.85. The summed E-state index contributed by atoms with van der Waals surface area (Å²) in [5, 5.41) is 3.18. The first-order chi connectivity index (χ1) is 10.2. The van der Waals surface area contributed by atoms with Crippen molar-refractivity contribution in [1.29, 1.82) is 0 Å². The first-order valence-corrected chi connectivity index (χ1v) is 7.48. The summed E-state index contributed by atoms with van der Waals surface area (Å²) in [4.78, 5) is 9.46. The number of hydrogen-bond acceptors (Lipinski definition) is 4. The van der Waals surface area contributed by atoms with Crippen LogP contribution in [0.4, 0.5) is 5.82 Å². The highest BCUT2D eigenvalue weighted by Gasteiger charge is 2.24. The highest BCUT2D eigenvalue weighted by atomic mass is 16.5. The van der Waals surface area contributed by atoms with Crippen LogP contribution < -0.4 is 10.1 Å². The van der Waals surface area contributed by atoms with Gasteiger partial charge in [0.1, 0.15) is 17.4 Å². The number of hydrogen-bond donors (Lipinski definition) is 1. The minimum Gasteiger partial charge on any atom is -0.493 e. The van der Waals surface area contributed by atoms with Gasteiger partial charge in [-0.15, -0.1) is 0 Å². The van der Waals surface area contributed by atoms with Crippen LogP contribution in [0.25, 0.3) is 0 Å². The van der Waals surface area contributed by atoms with Gasteiger partial charge in [0.05, 0.1) is 12.5 Å². The van der Waals surface area contributed by atoms with E-state index in [0.717, 1.165) is 41.5 Å². The number of anilines is 1. The van der Waals surface area contributed by atoms with E-state index < -0.39 is 0 Å². The van der Waals surface area contributed by atoms with Crippen molar-refractivity contribution in [2.45, 2.75) is 32.6 Å². The maximum absolute atomic E-state index is 5.87. The summed E-state index contributed by atoms with van der Waals surface area (Å²) < 4.78 is 5.87. The molecule has 0 saturated heterocycles. The highest BCUT2D eigenvalue weighted by molar-refractivity contribution is 5.46. The van der Waals surface area contributed by atoms with Crippen molar-refractivity contribution in [2.75, 3.05) is 19.0 Å². The molecule has 1 atom stereocenters. The number of aryl methyl sites for hydroxylation is 1. The third kappa shape index (κ3) is 2.58. The van der Waals surface area contributed by atoms with Crippen molar-refractivity contribution >= 4 is 5.82 Å². The first-order valence-electron chi connectivity index (χ1n) is 7.48. The highest BCUT2D eigenvalue weighted by Crippen LogP contribution is 2.31. The molecule has 0 bridgehead atoms. The summed E-state index contributed by atoms with van der Waals surface area (Å²) in [7, 11) is 1.91. The summed E-state index contributed by atoms with van der Waals surface area (Å²) in [6.07, 6.45) is 1.85. The zero-order valence-electron chi connectivity index (χ0n) is 12.8. The van der Waals surface area contributed by atoms with Gasteiger partial charge in [-0.3, -0.25) is 0 Å². The lowest BCUT2D eigenvalue weighted by molar-refractivity contribution is 0.257. The van der Waals surface area contributed by atoms with E-state index >= 15 is 0 Å². The predicted molar refractivity (Wildman–Crippen MR) is 84.1 cm³/mol. The van der Waals surface area contributed by atoms with Crippen LogP contribution in [-0.4, -0.2) is 23.6 Å². The van der Waals surface area contributed by atoms with Gasteiger partial charge in [-0.05, 0) is 31.4 Å². The molecule has 2 aromatic rings. The van der Waals surface area contributed by atoms with Gasteiger partial charge in [-0.25, -0.2) is 9.97 Å². The van der Waals surface area contributed by atoms with E-state index in [-0.39, 0.29) is 5.92 Å². The van der Waals surface area contributed by atoms with Gasteiger partial charge in [0.25, 0.3) is 0 Å². The quantitative estimate of drug-likeness (QED) is 0.940. The Morgan fingerprint density at radius 1 is 1.29 bits per heavy atom. The molecule has 0 spiro atoms. The monoisotopic (exact) mass is 283 g/mol. The molecule has 1 unspecified atom stereocenters. The largest absolute Gasteiger partial charge is 0.493 e. The number of ether oxygens (including phenoxy) is 1. The zero-order valence-corrected chi connectivity index (χ0v) is 12.8. The van der Waals surface area contributed by atoms with E-state index in [0.29, 0.717) is 6.61 Å². The summed E-state index contributed by atoms with van der Waals surface area (Å²) in [6.45, 7) is 4.85. The van der Waals surface area contributed by atoms with Gasteiger partial charge in [0.15, 0.2) is 0 Å². The number of nitrogens with one attached hydrogen (secondary N) is 1. The SMILES string of the molecule is CCc1nc(C2COc3ccccc3C2)nc(NC)c1C. The number of aromatic nitrogens is 2. The molecule has 1 aromatic carbocycles. The Morgan fingerprint density at radius 3 is 2.86 bits per heavy atom. The molecule has 1 aliphatic rings. The van der Waals surface area contributed by atoms with Crippen molar-refractivity contribution in [3.05, 3.63) is 46.9 Å². The molecule has 4 nitrogen and oxygen atoms in total. The topological polar surface area (TPSA) is 47.0 Å². The van der Waals surface area contributed by atoms with Crippen LogP contribution in [0.15, 0.2) is 24.3 Å². The predicted octanol–water partition coefficient (Wildman–Crippen LogP) is 3.11. The van der Waals surface area contributed by atoms with E-state index in [1.807, 2.05) is 19.2 Å². The van der Waals surface area contributed by atoms with Crippen LogP contribution >= 0.6 is 0 Å². The average molecular weight is 283 g/mol. The van der Waals surface area contributed by atoms with Gasteiger partial charge in [-0.2, -0.15) is 0 Å². The third-order valence-corrected chi connectivity index (χ3v) is 4.08. The molecule has 2 heterocycles. The molecular formula is C17H21N3O. The van der Waals surface area contributed by atoms with Gasteiger partial charge >= 0.3 is 0 Å². The molecule has 1 aromatic heterocycles. The lowest BCUT2D eigenvalue weighted by atomic mass is 9.95. The molecule has 4 heteroatoms. The summed E-state index contributed by atoms with van der Waals surface area (Å²) in [5.74, 6) is 3.02.